The third kappa shape index (κ3) is 1.33. The van der Waals surface area contributed by atoms with Crippen molar-refractivity contribution in [3.05, 3.63) is 11.9 Å². The first-order valence-corrected chi connectivity index (χ1v) is 4.07. The summed E-state index contributed by atoms with van der Waals surface area (Å²) < 4.78 is 5.24. The molecule has 0 aromatic carbocycles. The van der Waals surface area contributed by atoms with Crippen molar-refractivity contribution in [1.82, 2.24) is 15.4 Å². The largest absolute Gasteiger partial charge is 0.381 e. The molecule has 0 aliphatic carbocycles. The molecule has 2 atom stereocenters. The maximum atomic E-state index is 5.94. The van der Waals surface area contributed by atoms with Crippen molar-refractivity contribution in [1.29, 1.82) is 0 Å². The molecule has 1 aliphatic heterocycles. The van der Waals surface area contributed by atoms with E-state index in [9.17, 15) is 0 Å². The molecule has 1 aromatic rings. The summed E-state index contributed by atoms with van der Waals surface area (Å²) in [6.45, 7) is 1.56. The summed E-state index contributed by atoms with van der Waals surface area (Å²) >= 11 is 0. The quantitative estimate of drug-likeness (QED) is 0.643. The van der Waals surface area contributed by atoms with Gasteiger partial charge in [-0.3, -0.25) is 0 Å². The van der Waals surface area contributed by atoms with Gasteiger partial charge in [-0.15, -0.1) is 0 Å². The van der Waals surface area contributed by atoms with Crippen molar-refractivity contribution >= 4 is 0 Å². The van der Waals surface area contributed by atoms with Gasteiger partial charge < -0.3 is 10.5 Å². The van der Waals surface area contributed by atoms with Gasteiger partial charge in [-0.05, 0) is 6.42 Å². The predicted molar refractivity (Wildman–Crippen MR) is 42.2 cm³/mol. The average Bonchev–Trinajstić information content (AvgIpc) is 2.77. The number of ether oxygens (including phenoxy) is 1. The van der Waals surface area contributed by atoms with E-state index in [4.69, 9.17) is 10.5 Å². The Morgan fingerprint density at radius 3 is 3.25 bits per heavy atom. The van der Waals surface area contributed by atoms with Crippen LogP contribution in [-0.2, 0) is 4.74 Å². The molecule has 2 unspecified atom stereocenters. The Balaban J connectivity index is 2.04. The number of H-pyrrole nitrogens is 1. The number of hydrogen-bond donors (Lipinski definition) is 2. The highest BCUT2D eigenvalue weighted by atomic mass is 16.5. The smallest absolute Gasteiger partial charge is 0.0995 e. The van der Waals surface area contributed by atoms with Crippen LogP contribution in [0.5, 0.6) is 0 Å². The molecule has 5 nitrogen and oxygen atoms in total. The van der Waals surface area contributed by atoms with E-state index < -0.39 is 0 Å². The van der Waals surface area contributed by atoms with E-state index in [0.717, 1.165) is 25.3 Å². The van der Waals surface area contributed by atoms with Crippen LogP contribution in [0.2, 0.25) is 0 Å². The number of nitrogens with one attached hydrogen (secondary N) is 1. The zero-order valence-corrected chi connectivity index (χ0v) is 6.73. The number of nitrogens with zero attached hydrogens (tertiary/aromatic N) is 2. The van der Waals surface area contributed by atoms with E-state index in [-0.39, 0.29) is 6.04 Å². The lowest BCUT2D eigenvalue weighted by atomic mass is 9.98. The second kappa shape index (κ2) is 3.20. The van der Waals surface area contributed by atoms with Gasteiger partial charge in [-0.25, -0.2) is 0 Å². The Morgan fingerprint density at radius 1 is 1.75 bits per heavy atom. The second-order valence-corrected chi connectivity index (χ2v) is 3.04. The van der Waals surface area contributed by atoms with Gasteiger partial charge in [-0.2, -0.15) is 15.4 Å². The van der Waals surface area contributed by atoms with Crippen LogP contribution in [0.4, 0.5) is 0 Å². The molecule has 66 valence electrons. The molecule has 1 fully saturated rings. The zero-order valence-electron chi connectivity index (χ0n) is 6.73. The molecule has 1 aliphatic rings. The minimum absolute atomic E-state index is 0.0359. The summed E-state index contributed by atoms with van der Waals surface area (Å²) in [7, 11) is 0. The minimum Gasteiger partial charge on any atom is -0.381 e. The van der Waals surface area contributed by atoms with Crippen LogP contribution >= 0.6 is 0 Å². The summed E-state index contributed by atoms with van der Waals surface area (Å²) in [6, 6.07) is -0.0359. The molecule has 12 heavy (non-hydrogen) atoms. The molecular weight excluding hydrogens is 156 g/mol. The number of aromatic amines is 1. The molecule has 1 aromatic heterocycles. The van der Waals surface area contributed by atoms with Gasteiger partial charge in [0, 0.05) is 12.5 Å². The SMILES string of the molecule is NC(c1cn[nH]n1)C1CCOC1. The van der Waals surface area contributed by atoms with Crippen LogP contribution in [0.15, 0.2) is 6.20 Å². The third-order valence-corrected chi connectivity index (χ3v) is 2.25. The summed E-state index contributed by atoms with van der Waals surface area (Å²) in [5, 5.41) is 10.2. The highest BCUT2D eigenvalue weighted by Gasteiger charge is 2.25. The topological polar surface area (TPSA) is 76.8 Å². The molecule has 0 spiro atoms. The maximum Gasteiger partial charge on any atom is 0.0995 e. The minimum atomic E-state index is -0.0359. The van der Waals surface area contributed by atoms with Crippen molar-refractivity contribution < 1.29 is 4.74 Å². The predicted octanol–water partition coefficient (Wildman–Crippen LogP) is -0.159. The molecule has 2 rings (SSSR count). The van der Waals surface area contributed by atoms with Crippen LogP contribution in [0, 0.1) is 5.92 Å². The van der Waals surface area contributed by atoms with E-state index in [1.165, 1.54) is 0 Å². The number of nitrogens with two attached hydrogens (primary N) is 1. The molecule has 2 heterocycles. The first-order chi connectivity index (χ1) is 5.88. The first-order valence-electron chi connectivity index (χ1n) is 4.07. The lowest BCUT2D eigenvalue weighted by Crippen LogP contribution is -2.21. The molecule has 0 saturated carbocycles. The summed E-state index contributed by atoms with van der Waals surface area (Å²) in [5.74, 6) is 0.398. The monoisotopic (exact) mass is 168 g/mol. The van der Waals surface area contributed by atoms with Gasteiger partial charge in [0.1, 0.15) is 0 Å². The summed E-state index contributed by atoms with van der Waals surface area (Å²) in [6.07, 6.45) is 2.69. The standard InChI is InChI=1S/C7H12N4O/c8-7(5-1-2-12-4-5)6-3-9-11-10-6/h3,5,7H,1-2,4,8H2,(H,9,10,11). The molecular formula is C7H12N4O. The number of rotatable bonds is 2. The highest BCUT2D eigenvalue weighted by Crippen LogP contribution is 2.24. The van der Waals surface area contributed by atoms with E-state index in [0.29, 0.717) is 5.92 Å². The normalized spacial score (nSPS) is 25.9. The van der Waals surface area contributed by atoms with Crippen LogP contribution in [0.25, 0.3) is 0 Å². The van der Waals surface area contributed by atoms with Crippen molar-refractivity contribution in [2.24, 2.45) is 11.7 Å². The molecule has 3 N–H and O–H groups in total. The Labute approximate surface area is 70.3 Å². The van der Waals surface area contributed by atoms with Gasteiger partial charge >= 0.3 is 0 Å². The van der Waals surface area contributed by atoms with Crippen LogP contribution in [0.1, 0.15) is 18.2 Å². The Bertz CT molecular complexity index is 230. The van der Waals surface area contributed by atoms with E-state index in [1.807, 2.05) is 0 Å². The Kier molecular flexibility index (Phi) is 2.05. The molecule has 5 heteroatoms. The van der Waals surface area contributed by atoms with Gasteiger partial charge in [0.05, 0.1) is 24.5 Å². The van der Waals surface area contributed by atoms with Crippen LogP contribution in [0.3, 0.4) is 0 Å². The van der Waals surface area contributed by atoms with E-state index in [1.54, 1.807) is 6.20 Å². The van der Waals surface area contributed by atoms with Crippen LogP contribution < -0.4 is 5.73 Å². The Hall–Kier alpha value is -0.940. The first kappa shape index (κ1) is 7.70. The van der Waals surface area contributed by atoms with Gasteiger partial charge in [0.2, 0.25) is 0 Å². The van der Waals surface area contributed by atoms with Crippen molar-refractivity contribution in [3.8, 4) is 0 Å². The highest BCUT2D eigenvalue weighted by molar-refractivity contribution is 5.01. The third-order valence-electron chi connectivity index (χ3n) is 2.25. The lowest BCUT2D eigenvalue weighted by Gasteiger charge is -2.13. The fraction of sp³-hybridized carbons (Fsp3) is 0.714. The molecule has 0 bridgehead atoms. The molecule has 0 radical (unpaired) electrons. The number of aromatic nitrogens is 3. The van der Waals surface area contributed by atoms with Gasteiger partial charge in [0.25, 0.3) is 0 Å². The van der Waals surface area contributed by atoms with Crippen molar-refractivity contribution in [3.63, 3.8) is 0 Å². The lowest BCUT2D eigenvalue weighted by molar-refractivity contribution is 0.180. The fourth-order valence-corrected chi connectivity index (χ4v) is 1.45. The van der Waals surface area contributed by atoms with E-state index in [2.05, 4.69) is 15.4 Å². The second-order valence-electron chi connectivity index (χ2n) is 3.04. The molecule has 0 amide bonds. The molecule has 1 saturated heterocycles. The summed E-state index contributed by atoms with van der Waals surface area (Å²) in [5.41, 5.74) is 6.77. The zero-order chi connectivity index (χ0) is 8.39. The fourth-order valence-electron chi connectivity index (χ4n) is 1.45. The number of hydrogen-bond acceptors (Lipinski definition) is 4. The van der Waals surface area contributed by atoms with Crippen molar-refractivity contribution in [2.45, 2.75) is 12.5 Å². The van der Waals surface area contributed by atoms with Gasteiger partial charge in [-0.1, -0.05) is 0 Å². The van der Waals surface area contributed by atoms with Crippen molar-refractivity contribution in [2.75, 3.05) is 13.2 Å². The summed E-state index contributed by atoms with van der Waals surface area (Å²) in [4.78, 5) is 0. The van der Waals surface area contributed by atoms with Crippen LogP contribution in [-0.4, -0.2) is 28.6 Å². The maximum absolute atomic E-state index is 5.94. The average molecular weight is 168 g/mol. The van der Waals surface area contributed by atoms with E-state index >= 15 is 0 Å². The Morgan fingerprint density at radius 2 is 2.67 bits per heavy atom. The van der Waals surface area contributed by atoms with Gasteiger partial charge in [0.15, 0.2) is 0 Å².